The molecule has 0 spiro atoms. The lowest BCUT2D eigenvalue weighted by atomic mass is 10.1. The Morgan fingerprint density at radius 1 is 1.26 bits per heavy atom. The lowest BCUT2D eigenvalue weighted by molar-refractivity contribution is 0.525. The molecule has 0 saturated carbocycles. The van der Waals surface area contributed by atoms with Gasteiger partial charge in [-0.2, -0.15) is 0 Å². The van der Waals surface area contributed by atoms with Crippen molar-refractivity contribution in [3.8, 4) is 0 Å². The highest BCUT2D eigenvalue weighted by molar-refractivity contribution is 7.90. The van der Waals surface area contributed by atoms with Crippen LogP contribution in [0.2, 0.25) is 5.02 Å². The molecule has 0 amide bonds. The molecule has 23 heavy (non-hydrogen) atoms. The molecule has 3 nitrogen and oxygen atoms in total. The minimum Gasteiger partial charge on any atom is -0.598 e. The first-order valence-corrected chi connectivity index (χ1v) is 9.58. The molecule has 0 saturated heterocycles. The molecule has 1 N–H and O–H groups in total. The predicted molar refractivity (Wildman–Crippen MR) is 101 cm³/mol. The Balaban J connectivity index is 2.40. The van der Waals surface area contributed by atoms with Crippen LogP contribution < -0.4 is 4.72 Å². The molecule has 1 heterocycles. The first-order valence-electron chi connectivity index (χ1n) is 8.06. The van der Waals surface area contributed by atoms with Gasteiger partial charge in [-0.3, -0.25) is 0 Å². The lowest BCUT2D eigenvalue weighted by Gasteiger charge is -2.26. The molecular weight excluding hydrogens is 328 g/mol. The molecule has 0 bridgehead atoms. The van der Waals surface area contributed by atoms with Crippen molar-refractivity contribution in [2.24, 2.45) is 5.92 Å². The molecule has 0 fully saturated rings. The van der Waals surface area contributed by atoms with Gasteiger partial charge in [0.15, 0.2) is 0 Å². The Morgan fingerprint density at radius 2 is 1.91 bits per heavy atom. The lowest BCUT2D eigenvalue weighted by Crippen LogP contribution is -2.40. The topological polar surface area (TPSA) is 40.0 Å². The third kappa shape index (κ3) is 4.44. The van der Waals surface area contributed by atoms with Gasteiger partial charge in [0.05, 0.1) is 6.04 Å². The first-order chi connectivity index (χ1) is 10.6. The molecule has 2 rings (SSSR count). The van der Waals surface area contributed by atoms with Crippen molar-refractivity contribution >= 4 is 33.9 Å². The summed E-state index contributed by atoms with van der Waals surface area (Å²) in [7, 11) is 0. The van der Waals surface area contributed by atoms with Gasteiger partial charge >= 0.3 is 0 Å². The van der Waals surface area contributed by atoms with Crippen LogP contribution in [0, 0.1) is 5.92 Å². The van der Waals surface area contributed by atoms with Gasteiger partial charge in [0.1, 0.15) is 4.75 Å². The summed E-state index contributed by atoms with van der Waals surface area (Å²) >= 11 is 5.08. The maximum absolute atomic E-state index is 12.4. The maximum Gasteiger partial charge on any atom is 0.136 e. The number of fused-ring (bicyclic) bond motifs is 1. The zero-order chi connectivity index (χ0) is 17.4. The van der Waals surface area contributed by atoms with Gasteiger partial charge in [-0.25, -0.2) is 0 Å². The van der Waals surface area contributed by atoms with E-state index in [1.165, 1.54) is 5.39 Å². The number of nitrogens with one attached hydrogen (secondary N) is 1. The van der Waals surface area contributed by atoms with Crippen LogP contribution >= 0.6 is 11.6 Å². The molecule has 0 aliphatic heterocycles. The van der Waals surface area contributed by atoms with Crippen LogP contribution in [0.25, 0.3) is 10.9 Å². The van der Waals surface area contributed by atoms with E-state index in [4.69, 9.17) is 11.6 Å². The van der Waals surface area contributed by atoms with E-state index >= 15 is 0 Å². The molecule has 1 aromatic heterocycles. The summed E-state index contributed by atoms with van der Waals surface area (Å²) in [5.41, 5.74) is 2.30. The van der Waals surface area contributed by atoms with Crippen LogP contribution in [0.3, 0.4) is 0 Å². The van der Waals surface area contributed by atoms with Crippen LogP contribution in [0.4, 0.5) is 0 Å². The standard InChI is InChI=1S/C18H27ClN2OS/c1-12(2)10-21-11-16(13(3)20-23(22)18(4,5)6)15-8-7-14(19)9-17(15)21/h7-9,11-13,20H,10H2,1-6H3/t13-,23+/m1/s1. The fourth-order valence-corrected chi connectivity index (χ4v) is 3.55. The van der Waals surface area contributed by atoms with Gasteiger partial charge in [-0.05, 0) is 51.3 Å². The van der Waals surface area contributed by atoms with Crippen LogP contribution in [-0.4, -0.2) is 13.9 Å². The summed E-state index contributed by atoms with van der Waals surface area (Å²) in [5.74, 6) is 0.546. The van der Waals surface area contributed by atoms with E-state index in [-0.39, 0.29) is 10.8 Å². The van der Waals surface area contributed by atoms with Gasteiger partial charge in [-0.15, -0.1) is 4.72 Å². The summed E-state index contributed by atoms with van der Waals surface area (Å²) in [6.07, 6.45) is 2.17. The zero-order valence-electron chi connectivity index (χ0n) is 14.8. The molecule has 0 radical (unpaired) electrons. The molecule has 0 aliphatic carbocycles. The van der Waals surface area contributed by atoms with Crippen molar-refractivity contribution in [3.05, 3.63) is 35.0 Å². The normalized spacial score (nSPS) is 15.3. The molecule has 128 valence electrons. The van der Waals surface area contributed by atoms with Gasteiger partial charge < -0.3 is 9.12 Å². The van der Waals surface area contributed by atoms with E-state index in [0.29, 0.717) is 5.92 Å². The van der Waals surface area contributed by atoms with E-state index in [1.807, 2.05) is 32.9 Å². The average Bonchev–Trinajstić information content (AvgIpc) is 2.75. The van der Waals surface area contributed by atoms with Crippen molar-refractivity contribution in [3.63, 3.8) is 0 Å². The maximum atomic E-state index is 12.4. The second-order valence-corrected chi connectivity index (χ2v) is 9.95. The van der Waals surface area contributed by atoms with Crippen molar-refractivity contribution in [2.45, 2.75) is 58.9 Å². The Bertz CT molecular complexity index is 675. The molecule has 0 unspecified atom stereocenters. The van der Waals surface area contributed by atoms with E-state index in [2.05, 4.69) is 42.3 Å². The van der Waals surface area contributed by atoms with Crippen LogP contribution in [0.5, 0.6) is 0 Å². The smallest absolute Gasteiger partial charge is 0.136 e. The van der Waals surface area contributed by atoms with Crippen molar-refractivity contribution in [2.75, 3.05) is 0 Å². The number of nitrogens with zero attached hydrogens (tertiary/aromatic N) is 1. The van der Waals surface area contributed by atoms with Crippen molar-refractivity contribution in [1.82, 2.24) is 9.29 Å². The Labute approximate surface area is 147 Å². The molecular formula is C18H27ClN2OS. The Hall–Kier alpha value is -0.680. The summed E-state index contributed by atoms with van der Waals surface area (Å²) < 4.78 is 17.6. The summed E-state index contributed by atoms with van der Waals surface area (Å²) in [4.78, 5) is 0. The highest BCUT2D eigenvalue weighted by Crippen LogP contribution is 2.30. The monoisotopic (exact) mass is 354 g/mol. The highest BCUT2D eigenvalue weighted by atomic mass is 35.5. The van der Waals surface area contributed by atoms with Gasteiger partial charge in [0.25, 0.3) is 0 Å². The van der Waals surface area contributed by atoms with Gasteiger partial charge in [0, 0.05) is 40.0 Å². The summed E-state index contributed by atoms with van der Waals surface area (Å²) in [6, 6.07) is 5.99. The van der Waals surface area contributed by atoms with E-state index in [1.54, 1.807) is 0 Å². The quantitative estimate of drug-likeness (QED) is 0.762. The highest BCUT2D eigenvalue weighted by Gasteiger charge is 2.29. The molecule has 2 aromatic rings. The number of hydrogen-bond acceptors (Lipinski definition) is 2. The summed E-state index contributed by atoms with van der Waals surface area (Å²) in [6.45, 7) is 13.3. The van der Waals surface area contributed by atoms with Gasteiger partial charge in [-0.1, -0.05) is 31.5 Å². The molecule has 1 aromatic carbocycles. The number of hydrogen-bond donors (Lipinski definition) is 1. The third-order valence-corrected chi connectivity index (χ3v) is 5.66. The van der Waals surface area contributed by atoms with Crippen molar-refractivity contribution < 1.29 is 4.55 Å². The first kappa shape index (κ1) is 18.7. The molecule has 0 aliphatic rings. The Morgan fingerprint density at radius 3 is 2.48 bits per heavy atom. The van der Waals surface area contributed by atoms with Crippen LogP contribution in [-0.2, 0) is 17.9 Å². The van der Waals surface area contributed by atoms with E-state index in [9.17, 15) is 4.55 Å². The fourth-order valence-electron chi connectivity index (χ4n) is 2.58. The van der Waals surface area contributed by atoms with Crippen LogP contribution in [0.15, 0.2) is 24.4 Å². The second kappa shape index (κ2) is 7.06. The largest absolute Gasteiger partial charge is 0.598 e. The molecule has 2 atom stereocenters. The minimum absolute atomic E-state index is 0.00662. The van der Waals surface area contributed by atoms with Gasteiger partial charge in [0.2, 0.25) is 0 Å². The average molecular weight is 355 g/mol. The Kier molecular flexibility index (Phi) is 5.72. The SMILES string of the molecule is CC(C)Cn1cc([C@@H](C)N[S@@+]([O-])C(C)(C)C)c2ccc(Cl)cc21. The predicted octanol–water partition coefficient (Wildman–Crippen LogP) is 5.06. The van der Waals surface area contributed by atoms with E-state index in [0.717, 1.165) is 22.6 Å². The third-order valence-electron chi connectivity index (χ3n) is 3.74. The minimum atomic E-state index is -1.10. The number of rotatable bonds is 5. The molecule has 5 heteroatoms. The number of benzene rings is 1. The van der Waals surface area contributed by atoms with E-state index < -0.39 is 11.4 Å². The fraction of sp³-hybridized carbons (Fsp3) is 0.556. The second-order valence-electron chi connectivity index (χ2n) is 7.51. The number of halogens is 1. The summed E-state index contributed by atoms with van der Waals surface area (Å²) in [5, 5.41) is 1.91. The zero-order valence-corrected chi connectivity index (χ0v) is 16.4. The van der Waals surface area contributed by atoms with Crippen LogP contribution in [0.1, 0.15) is 53.1 Å². The number of aromatic nitrogens is 1. The van der Waals surface area contributed by atoms with Crippen molar-refractivity contribution in [1.29, 1.82) is 0 Å².